The number of hydrogen-bond donors (Lipinski definition) is 3. The van der Waals surface area contributed by atoms with E-state index in [-0.39, 0.29) is 35.4 Å². The molecule has 1 aromatic heterocycles. The number of aliphatic imine (C=N–C) groups is 1. The molecule has 0 spiro atoms. The van der Waals surface area contributed by atoms with Crippen molar-refractivity contribution in [3.8, 4) is 17.2 Å². The standard InChI is InChI=1S/C19H23F2N5O4/c1-28-15-6-16(29-2)18(21)14(17(15)20)11-30-13-9-24-19(25-10-13)26-12(7-22)8-23-4-3-5-27/h6-10,27H,3-5,11,22H2,1-2H3,(H,24,25,26). The number of nitrogens with zero attached hydrogens (tertiary/aromatic N) is 3. The third-order valence-electron chi connectivity index (χ3n) is 3.79. The van der Waals surface area contributed by atoms with Crippen LogP contribution in [0.15, 0.2) is 35.3 Å². The molecule has 0 aliphatic rings. The molecule has 11 heteroatoms. The molecule has 30 heavy (non-hydrogen) atoms. The molecule has 0 aliphatic carbocycles. The van der Waals surface area contributed by atoms with Crippen LogP contribution in [0, 0.1) is 11.6 Å². The van der Waals surface area contributed by atoms with Gasteiger partial charge in [0.2, 0.25) is 5.95 Å². The second kappa shape index (κ2) is 11.5. The average Bonchev–Trinajstić information content (AvgIpc) is 2.77. The zero-order valence-electron chi connectivity index (χ0n) is 16.6. The van der Waals surface area contributed by atoms with Crippen LogP contribution in [-0.4, -0.2) is 48.7 Å². The van der Waals surface area contributed by atoms with Gasteiger partial charge < -0.3 is 30.4 Å². The summed E-state index contributed by atoms with van der Waals surface area (Å²) in [6, 6.07) is 1.12. The lowest BCUT2D eigenvalue weighted by molar-refractivity contribution is 0.280. The Balaban J connectivity index is 2.04. The Bertz CT molecular complexity index is 863. The molecule has 2 aromatic rings. The van der Waals surface area contributed by atoms with Crippen molar-refractivity contribution < 1.29 is 28.1 Å². The highest BCUT2D eigenvalue weighted by molar-refractivity contribution is 5.81. The Hall–Kier alpha value is -3.47. The van der Waals surface area contributed by atoms with Crippen molar-refractivity contribution >= 4 is 12.2 Å². The molecular weight excluding hydrogens is 400 g/mol. The predicted octanol–water partition coefficient (Wildman–Crippen LogP) is 2.02. The van der Waals surface area contributed by atoms with E-state index in [0.29, 0.717) is 18.7 Å². The molecule has 2 rings (SSSR count). The van der Waals surface area contributed by atoms with Gasteiger partial charge in [-0.2, -0.15) is 0 Å². The maximum atomic E-state index is 14.4. The summed E-state index contributed by atoms with van der Waals surface area (Å²) >= 11 is 0. The van der Waals surface area contributed by atoms with Crippen LogP contribution in [0.4, 0.5) is 14.7 Å². The highest BCUT2D eigenvalue weighted by Gasteiger charge is 2.20. The first-order valence-electron chi connectivity index (χ1n) is 8.87. The number of hydrogen-bond acceptors (Lipinski definition) is 9. The van der Waals surface area contributed by atoms with Gasteiger partial charge in [0.25, 0.3) is 0 Å². The first-order valence-corrected chi connectivity index (χ1v) is 8.87. The van der Waals surface area contributed by atoms with Crippen LogP contribution < -0.4 is 25.3 Å². The minimum atomic E-state index is -0.881. The Kier molecular flexibility index (Phi) is 8.75. The highest BCUT2D eigenvalue weighted by Crippen LogP contribution is 2.31. The van der Waals surface area contributed by atoms with Crippen LogP contribution in [0.2, 0.25) is 0 Å². The summed E-state index contributed by atoms with van der Waals surface area (Å²) in [7, 11) is 2.53. The van der Waals surface area contributed by atoms with E-state index in [4.69, 9.17) is 25.1 Å². The molecule has 9 nitrogen and oxygen atoms in total. The molecule has 0 saturated heterocycles. The monoisotopic (exact) mass is 423 g/mol. The lowest BCUT2D eigenvalue weighted by atomic mass is 10.1. The van der Waals surface area contributed by atoms with Gasteiger partial charge in [0.15, 0.2) is 28.9 Å². The number of methoxy groups -OCH3 is 2. The SMILES string of the molecule is COc1cc(OC)c(F)c(COc2cnc(NC(C=NCCCO)=CN)nc2)c1F. The maximum absolute atomic E-state index is 14.4. The third-order valence-corrected chi connectivity index (χ3v) is 3.79. The third kappa shape index (κ3) is 6.01. The molecule has 1 heterocycles. The fourth-order valence-electron chi connectivity index (χ4n) is 2.25. The highest BCUT2D eigenvalue weighted by atomic mass is 19.1. The Morgan fingerprint density at radius 2 is 1.83 bits per heavy atom. The summed E-state index contributed by atoms with van der Waals surface area (Å²) in [6.45, 7) is 0.0749. The van der Waals surface area contributed by atoms with Crippen molar-refractivity contribution in [3.63, 3.8) is 0 Å². The molecular formula is C19H23F2N5O4. The van der Waals surface area contributed by atoms with Crippen molar-refractivity contribution in [2.75, 3.05) is 32.7 Å². The normalized spacial score (nSPS) is 11.6. The maximum Gasteiger partial charge on any atom is 0.227 e. The van der Waals surface area contributed by atoms with Crippen LogP contribution >= 0.6 is 0 Å². The summed E-state index contributed by atoms with van der Waals surface area (Å²) in [5, 5.41) is 11.6. The van der Waals surface area contributed by atoms with Gasteiger partial charge in [0.05, 0.1) is 37.9 Å². The summed E-state index contributed by atoms with van der Waals surface area (Å²) < 4.78 is 43.9. The first kappa shape index (κ1) is 22.8. The number of aliphatic hydroxyl groups excluding tert-OH is 1. The van der Waals surface area contributed by atoms with Crippen molar-refractivity contribution in [1.29, 1.82) is 0 Å². The van der Waals surface area contributed by atoms with Crippen LogP contribution in [0.1, 0.15) is 12.0 Å². The number of aromatic nitrogens is 2. The number of rotatable bonds is 11. The quantitative estimate of drug-likeness (QED) is 0.370. The van der Waals surface area contributed by atoms with Crippen LogP contribution in [-0.2, 0) is 6.61 Å². The van der Waals surface area contributed by atoms with Crippen LogP contribution in [0.3, 0.4) is 0 Å². The van der Waals surface area contributed by atoms with Crippen molar-refractivity contribution in [2.45, 2.75) is 13.0 Å². The largest absolute Gasteiger partial charge is 0.494 e. The van der Waals surface area contributed by atoms with E-state index in [2.05, 4.69) is 20.3 Å². The average molecular weight is 423 g/mol. The van der Waals surface area contributed by atoms with Gasteiger partial charge in [-0.05, 0) is 6.42 Å². The van der Waals surface area contributed by atoms with Gasteiger partial charge in [0.1, 0.15) is 6.61 Å². The Morgan fingerprint density at radius 3 is 2.37 bits per heavy atom. The summed E-state index contributed by atoms with van der Waals surface area (Å²) in [5.41, 5.74) is 5.62. The number of halogens is 2. The van der Waals surface area contributed by atoms with E-state index >= 15 is 0 Å². The second-order valence-corrected chi connectivity index (χ2v) is 5.78. The van der Waals surface area contributed by atoms with Gasteiger partial charge >= 0.3 is 0 Å². The smallest absolute Gasteiger partial charge is 0.227 e. The zero-order valence-corrected chi connectivity index (χ0v) is 16.6. The molecule has 0 saturated carbocycles. The van der Waals surface area contributed by atoms with E-state index in [0.717, 1.165) is 6.07 Å². The van der Waals surface area contributed by atoms with E-state index < -0.39 is 18.2 Å². The summed E-state index contributed by atoms with van der Waals surface area (Å²) in [4.78, 5) is 12.2. The van der Waals surface area contributed by atoms with Gasteiger partial charge in [-0.25, -0.2) is 18.7 Å². The number of anilines is 1. The molecule has 0 bridgehead atoms. The molecule has 0 atom stereocenters. The van der Waals surface area contributed by atoms with Gasteiger partial charge in [-0.1, -0.05) is 0 Å². The van der Waals surface area contributed by atoms with E-state index in [9.17, 15) is 8.78 Å². The van der Waals surface area contributed by atoms with Gasteiger partial charge in [0, 0.05) is 31.6 Å². The molecule has 162 valence electrons. The summed E-state index contributed by atoms with van der Waals surface area (Å²) in [5.74, 6) is -1.68. The molecule has 0 fully saturated rings. The zero-order chi connectivity index (χ0) is 21.9. The lowest BCUT2D eigenvalue weighted by Gasteiger charge is -2.13. The number of allylic oxidation sites excluding steroid dienone is 1. The molecule has 0 amide bonds. The molecule has 4 N–H and O–H groups in total. The molecule has 0 radical (unpaired) electrons. The summed E-state index contributed by atoms with van der Waals surface area (Å²) in [6.07, 6.45) is 5.99. The number of nitrogens with two attached hydrogens (primary N) is 1. The van der Waals surface area contributed by atoms with Gasteiger partial charge in [-0.3, -0.25) is 4.99 Å². The van der Waals surface area contributed by atoms with Gasteiger partial charge in [-0.15, -0.1) is 0 Å². The van der Waals surface area contributed by atoms with Crippen molar-refractivity contribution in [1.82, 2.24) is 9.97 Å². The Morgan fingerprint density at radius 1 is 1.20 bits per heavy atom. The number of ether oxygens (including phenoxy) is 3. The first-order chi connectivity index (χ1) is 14.5. The van der Waals surface area contributed by atoms with Crippen LogP contribution in [0.25, 0.3) is 0 Å². The predicted molar refractivity (Wildman–Crippen MR) is 107 cm³/mol. The minimum Gasteiger partial charge on any atom is -0.494 e. The molecule has 0 unspecified atom stereocenters. The number of benzene rings is 1. The number of aliphatic hydroxyl groups is 1. The van der Waals surface area contributed by atoms with Crippen molar-refractivity contribution in [2.24, 2.45) is 10.7 Å². The van der Waals surface area contributed by atoms with E-state index in [1.165, 1.54) is 39.0 Å². The van der Waals surface area contributed by atoms with E-state index in [1.807, 2.05) is 0 Å². The van der Waals surface area contributed by atoms with E-state index in [1.54, 1.807) is 0 Å². The van der Waals surface area contributed by atoms with Crippen LogP contribution in [0.5, 0.6) is 17.2 Å². The fraction of sp³-hybridized carbons (Fsp3) is 0.316. The van der Waals surface area contributed by atoms with Crippen molar-refractivity contribution in [3.05, 3.63) is 47.6 Å². The lowest BCUT2D eigenvalue weighted by Crippen LogP contribution is -2.08. The second-order valence-electron chi connectivity index (χ2n) is 5.78. The number of nitrogens with one attached hydrogen (secondary N) is 1. The Labute approximate surface area is 172 Å². The molecule has 0 aliphatic heterocycles. The topological polar surface area (TPSA) is 124 Å². The molecule has 1 aromatic carbocycles. The minimum absolute atomic E-state index is 0.0490. The fourth-order valence-corrected chi connectivity index (χ4v) is 2.25.